The zero-order valence-electron chi connectivity index (χ0n) is 15.0. The summed E-state index contributed by atoms with van der Waals surface area (Å²) in [5, 5.41) is 6.10. The molecular weight excluding hydrogens is 318 g/mol. The molecule has 1 aliphatic heterocycles. The summed E-state index contributed by atoms with van der Waals surface area (Å²) < 4.78 is 5.34. The summed E-state index contributed by atoms with van der Waals surface area (Å²) in [5.41, 5.74) is 1.71. The normalized spacial score (nSPS) is 22.7. The van der Waals surface area contributed by atoms with Gasteiger partial charge in [0.25, 0.3) is 0 Å². The lowest BCUT2D eigenvalue weighted by Gasteiger charge is -2.20. The lowest BCUT2D eigenvalue weighted by atomic mass is 10.1. The number of methoxy groups -OCH3 is 1. The molecule has 6 nitrogen and oxygen atoms in total. The zero-order valence-corrected chi connectivity index (χ0v) is 15.0. The number of ether oxygens (including phenoxy) is 1. The molecule has 2 N–H and O–H groups in total. The number of carbonyl (C=O) groups excluding carboxylic acids is 2. The molecule has 2 atom stereocenters. The van der Waals surface area contributed by atoms with Crippen molar-refractivity contribution in [3.63, 3.8) is 0 Å². The van der Waals surface area contributed by atoms with Crippen molar-refractivity contribution in [3.8, 4) is 5.75 Å². The number of hydrogen-bond donors (Lipinski definition) is 2. The van der Waals surface area contributed by atoms with Crippen molar-refractivity contribution in [2.24, 2.45) is 5.92 Å². The summed E-state index contributed by atoms with van der Waals surface area (Å²) in [7, 11) is 1.60. The molecule has 2 fully saturated rings. The third-order valence-corrected chi connectivity index (χ3v) is 5.23. The van der Waals surface area contributed by atoms with Crippen LogP contribution in [-0.4, -0.2) is 43.1 Å². The fourth-order valence-electron chi connectivity index (χ4n) is 3.73. The topological polar surface area (TPSA) is 70.7 Å². The van der Waals surface area contributed by atoms with Crippen LogP contribution >= 0.6 is 0 Å². The number of rotatable bonds is 4. The Morgan fingerprint density at radius 3 is 2.68 bits per heavy atom. The first-order valence-corrected chi connectivity index (χ1v) is 9.08. The van der Waals surface area contributed by atoms with Crippen LogP contribution in [-0.2, 0) is 4.79 Å². The number of nitrogens with zero attached hydrogens (tertiary/aromatic N) is 1. The first-order chi connectivity index (χ1) is 12.1. The lowest BCUT2D eigenvalue weighted by Crippen LogP contribution is -2.42. The van der Waals surface area contributed by atoms with Crippen LogP contribution in [0.25, 0.3) is 0 Å². The van der Waals surface area contributed by atoms with Crippen molar-refractivity contribution in [1.82, 2.24) is 10.2 Å². The van der Waals surface area contributed by atoms with Gasteiger partial charge in [-0.2, -0.15) is 0 Å². The van der Waals surface area contributed by atoms with E-state index in [-0.39, 0.29) is 23.9 Å². The maximum atomic E-state index is 12.6. The van der Waals surface area contributed by atoms with Gasteiger partial charge in [-0.15, -0.1) is 0 Å². The highest BCUT2D eigenvalue weighted by atomic mass is 16.5. The molecular formula is C19H27N3O3. The van der Waals surface area contributed by atoms with Crippen molar-refractivity contribution in [3.05, 3.63) is 23.8 Å². The Labute approximate surface area is 148 Å². The molecule has 1 aliphatic carbocycles. The quantitative estimate of drug-likeness (QED) is 0.881. The minimum Gasteiger partial charge on any atom is -0.495 e. The van der Waals surface area contributed by atoms with Crippen LogP contribution < -0.4 is 15.4 Å². The van der Waals surface area contributed by atoms with Crippen LogP contribution in [0.2, 0.25) is 0 Å². The smallest absolute Gasteiger partial charge is 0.317 e. The van der Waals surface area contributed by atoms with Crippen LogP contribution in [0.15, 0.2) is 18.2 Å². The SMILES string of the molecule is COc1cccc(C)c1NC(=O)[C@H]1CC[C@@H](NC(=O)N2CCCC2)C1. The van der Waals surface area contributed by atoms with E-state index in [1.807, 2.05) is 30.0 Å². The van der Waals surface area contributed by atoms with E-state index >= 15 is 0 Å². The number of nitrogens with one attached hydrogen (secondary N) is 2. The number of carbonyl (C=O) groups is 2. The van der Waals surface area contributed by atoms with Crippen LogP contribution in [0, 0.1) is 12.8 Å². The Kier molecular flexibility index (Phi) is 5.46. The zero-order chi connectivity index (χ0) is 17.8. The Hall–Kier alpha value is -2.24. The number of amides is 3. The molecule has 6 heteroatoms. The second-order valence-electron chi connectivity index (χ2n) is 6.99. The standard InChI is InChI=1S/C19H27N3O3/c1-13-6-5-7-16(25-2)17(13)21-18(23)14-8-9-15(12-14)20-19(24)22-10-3-4-11-22/h5-7,14-15H,3-4,8-12H2,1-2H3,(H,20,24)(H,21,23)/t14-,15+/m0/s1. The molecule has 1 aromatic carbocycles. The van der Waals surface area contributed by atoms with Gasteiger partial charge in [0.1, 0.15) is 5.75 Å². The maximum absolute atomic E-state index is 12.6. The monoisotopic (exact) mass is 345 g/mol. The Morgan fingerprint density at radius 1 is 1.20 bits per heavy atom. The van der Waals surface area contributed by atoms with Gasteiger partial charge in [0.2, 0.25) is 5.91 Å². The van der Waals surface area contributed by atoms with Gasteiger partial charge in [-0.25, -0.2) is 4.79 Å². The van der Waals surface area contributed by atoms with Gasteiger partial charge in [-0.3, -0.25) is 4.79 Å². The van der Waals surface area contributed by atoms with Gasteiger partial charge in [0.15, 0.2) is 0 Å². The predicted octanol–water partition coefficient (Wildman–Crippen LogP) is 2.92. The van der Waals surface area contributed by atoms with Crippen LogP contribution in [0.1, 0.15) is 37.7 Å². The minimum atomic E-state index is -0.0757. The van der Waals surface area contributed by atoms with Gasteiger partial charge < -0.3 is 20.3 Å². The van der Waals surface area contributed by atoms with Crippen molar-refractivity contribution in [2.75, 3.05) is 25.5 Å². The molecule has 0 spiro atoms. The van der Waals surface area contributed by atoms with E-state index < -0.39 is 0 Å². The van der Waals surface area contributed by atoms with E-state index in [0.717, 1.165) is 50.0 Å². The minimum absolute atomic E-state index is 0.00511. The summed E-state index contributed by atoms with van der Waals surface area (Å²) in [5.74, 6) is 0.601. The highest BCUT2D eigenvalue weighted by Gasteiger charge is 2.32. The number of urea groups is 1. The van der Waals surface area contributed by atoms with E-state index in [9.17, 15) is 9.59 Å². The molecule has 0 aromatic heterocycles. The lowest BCUT2D eigenvalue weighted by molar-refractivity contribution is -0.119. The summed E-state index contributed by atoms with van der Waals surface area (Å²) in [6, 6.07) is 5.80. The summed E-state index contributed by atoms with van der Waals surface area (Å²) >= 11 is 0. The molecule has 1 saturated carbocycles. The molecule has 0 radical (unpaired) electrons. The fraction of sp³-hybridized carbons (Fsp3) is 0.579. The first kappa shape index (κ1) is 17.6. The van der Waals surface area contributed by atoms with E-state index in [4.69, 9.17) is 4.74 Å². The predicted molar refractivity (Wildman–Crippen MR) is 96.8 cm³/mol. The number of anilines is 1. The van der Waals surface area contributed by atoms with E-state index in [2.05, 4.69) is 10.6 Å². The van der Waals surface area contributed by atoms with Gasteiger partial charge in [-0.1, -0.05) is 12.1 Å². The number of likely N-dealkylation sites (tertiary alicyclic amines) is 1. The van der Waals surface area contributed by atoms with Gasteiger partial charge in [0, 0.05) is 25.0 Å². The van der Waals surface area contributed by atoms with Gasteiger partial charge in [-0.05, 0) is 50.7 Å². The Balaban J connectivity index is 1.55. The van der Waals surface area contributed by atoms with Crippen LogP contribution in [0.5, 0.6) is 5.75 Å². The molecule has 1 heterocycles. The average Bonchev–Trinajstić information content (AvgIpc) is 3.28. The van der Waals surface area contributed by atoms with Crippen molar-refractivity contribution < 1.29 is 14.3 Å². The molecule has 2 aliphatic rings. The van der Waals surface area contributed by atoms with Crippen LogP contribution in [0.3, 0.4) is 0 Å². The molecule has 3 amide bonds. The first-order valence-electron chi connectivity index (χ1n) is 9.08. The molecule has 136 valence electrons. The van der Waals surface area contributed by atoms with Crippen molar-refractivity contribution in [2.45, 2.75) is 45.1 Å². The number of benzene rings is 1. The molecule has 1 saturated heterocycles. The summed E-state index contributed by atoms with van der Waals surface area (Å²) in [6.45, 7) is 3.64. The van der Waals surface area contributed by atoms with Crippen molar-refractivity contribution >= 4 is 17.6 Å². The second-order valence-corrected chi connectivity index (χ2v) is 6.99. The van der Waals surface area contributed by atoms with E-state index in [1.165, 1.54) is 0 Å². The summed E-state index contributed by atoms with van der Waals surface area (Å²) in [6.07, 6.45) is 4.51. The number of hydrogen-bond acceptors (Lipinski definition) is 3. The van der Waals surface area contributed by atoms with E-state index in [0.29, 0.717) is 12.2 Å². The highest BCUT2D eigenvalue weighted by molar-refractivity contribution is 5.95. The van der Waals surface area contributed by atoms with Gasteiger partial charge >= 0.3 is 6.03 Å². The van der Waals surface area contributed by atoms with Crippen LogP contribution in [0.4, 0.5) is 10.5 Å². The molecule has 25 heavy (non-hydrogen) atoms. The molecule has 1 aromatic rings. The third-order valence-electron chi connectivity index (χ3n) is 5.23. The molecule has 3 rings (SSSR count). The maximum Gasteiger partial charge on any atom is 0.317 e. The van der Waals surface area contributed by atoms with E-state index in [1.54, 1.807) is 7.11 Å². The number of para-hydroxylation sites is 1. The highest BCUT2D eigenvalue weighted by Crippen LogP contribution is 2.31. The largest absolute Gasteiger partial charge is 0.495 e. The molecule has 0 unspecified atom stereocenters. The summed E-state index contributed by atoms with van der Waals surface area (Å²) in [4.78, 5) is 26.7. The van der Waals surface area contributed by atoms with Gasteiger partial charge in [0.05, 0.1) is 12.8 Å². The molecule has 0 bridgehead atoms. The number of aryl methyl sites for hydroxylation is 1. The third kappa shape index (κ3) is 4.06. The second kappa shape index (κ2) is 7.76. The van der Waals surface area contributed by atoms with Crippen molar-refractivity contribution in [1.29, 1.82) is 0 Å². The Bertz CT molecular complexity index is 641. The fourth-order valence-corrected chi connectivity index (χ4v) is 3.73. The Morgan fingerprint density at radius 2 is 1.96 bits per heavy atom. The average molecular weight is 345 g/mol.